The number of hydrogen-bond donors (Lipinski definition) is 0. The van der Waals surface area contributed by atoms with Crippen LogP contribution in [0.25, 0.3) is 0 Å². The number of para-hydroxylation sites is 2. The van der Waals surface area contributed by atoms with Gasteiger partial charge in [-0.15, -0.1) is 0 Å². The third-order valence-electron chi connectivity index (χ3n) is 2.05. The van der Waals surface area contributed by atoms with Crippen molar-refractivity contribution in [3.63, 3.8) is 0 Å². The molecule has 0 saturated carbocycles. The number of fused-ring (bicyclic) bond motifs is 1. The quantitative estimate of drug-likeness (QED) is 0.767. The van der Waals surface area contributed by atoms with Gasteiger partial charge >= 0.3 is 0 Å². The summed E-state index contributed by atoms with van der Waals surface area (Å²) in [5, 5.41) is 0. The summed E-state index contributed by atoms with van der Waals surface area (Å²) in [6.07, 6.45) is 2.80. The largest absolute Gasteiger partial charge is 0.458 e. The highest BCUT2D eigenvalue weighted by Crippen LogP contribution is 2.32. The first-order chi connectivity index (χ1) is 8.04. The Morgan fingerprint density at radius 2 is 1.94 bits per heavy atom. The van der Waals surface area contributed by atoms with Crippen molar-refractivity contribution in [3.05, 3.63) is 36.3 Å². The Kier molecular flexibility index (Phi) is 3.35. The Labute approximate surface area is 99.7 Å². The molecule has 92 valence electrons. The van der Waals surface area contributed by atoms with E-state index in [1.54, 1.807) is 12.1 Å². The summed E-state index contributed by atoms with van der Waals surface area (Å²) in [4.78, 5) is 0. The second-order valence-electron chi connectivity index (χ2n) is 3.53. The van der Waals surface area contributed by atoms with Crippen LogP contribution in [0, 0.1) is 0 Å². The van der Waals surface area contributed by atoms with Crippen LogP contribution >= 0.6 is 0 Å². The molecule has 0 spiro atoms. The van der Waals surface area contributed by atoms with Gasteiger partial charge in [0.2, 0.25) is 0 Å². The van der Waals surface area contributed by atoms with Crippen LogP contribution in [0.2, 0.25) is 0 Å². The molecule has 0 aromatic heterocycles. The summed E-state index contributed by atoms with van der Waals surface area (Å²) in [5.74, 6) is 1.79. The summed E-state index contributed by atoms with van der Waals surface area (Å²) in [5.41, 5.74) is 0. The molecule has 1 aliphatic rings. The molecule has 6 heteroatoms. The molecule has 1 heterocycles. The Hall–Kier alpha value is -1.53. The Balaban J connectivity index is 1.92. The van der Waals surface area contributed by atoms with Crippen LogP contribution in [0.15, 0.2) is 36.3 Å². The van der Waals surface area contributed by atoms with Crippen molar-refractivity contribution in [2.75, 3.05) is 12.9 Å². The standard InChI is InChI=1S/C11H12O5S/c1-17(12,13)15-7-6-9-8-14-10-4-2-3-5-11(10)16-9/h2-5,8H,6-7H2,1H3. The molecule has 0 amide bonds. The van der Waals surface area contributed by atoms with Crippen LogP contribution in [0.4, 0.5) is 0 Å². The van der Waals surface area contributed by atoms with Crippen molar-refractivity contribution in [1.29, 1.82) is 0 Å². The van der Waals surface area contributed by atoms with E-state index < -0.39 is 10.1 Å². The van der Waals surface area contributed by atoms with Crippen LogP contribution in [0.3, 0.4) is 0 Å². The van der Waals surface area contributed by atoms with E-state index in [4.69, 9.17) is 9.47 Å². The average molecular weight is 256 g/mol. The molecule has 1 aromatic carbocycles. The predicted octanol–water partition coefficient (Wildman–Crippen LogP) is 1.67. The Morgan fingerprint density at radius 1 is 1.24 bits per heavy atom. The van der Waals surface area contributed by atoms with E-state index in [9.17, 15) is 8.42 Å². The molecule has 0 bridgehead atoms. The lowest BCUT2D eigenvalue weighted by Crippen LogP contribution is -2.10. The van der Waals surface area contributed by atoms with Crippen LogP contribution in [-0.2, 0) is 14.3 Å². The van der Waals surface area contributed by atoms with Crippen molar-refractivity contribution in [2.45, 2.75) is 6.42 Å². The maximum Gasteiger partial charge on any atom is 0.264 e. The van der Waals surface area contributed by atoms with Crippen molar-refractivity contribution < 1.29 is 22.1 Å². The highest BCUT2D eigenvalue weighted by atomic mass is 32.2. The fourth-order valence-corrected chi connectivity index (χ4v) is 1.72. The predicted molar refractivity (Wildman–Crippen MR) is 61.2 cm³/mol. The molecule has 0 saturated heterocycles. The normalized spacial score (nSPS) is 14.3. The van der Waals surface area contributed by atoms with Gasteiger partial charge in [0.15, 0.2) is 11.5 Å². The van der Waals surface area contributed by atoms with E-state index in [2.05, 4.69) is 4.18 Å². The van der Waals surface area contributed by atoms with Gasteiger partial charge in [-0.2, -0.15) is 8.42 Å². The fourth-order valence-electron chi connectivity index (χ4n) is 1.33. The van der Waals surface area contributed by atoms with Gasteiger partial charge in [-0.05, 0) is 12.1 Å². The van der Waals surface area contributed by atoms with Crippen molar-refractivity contribution in [3.8, 4) is 11.5 Å². The monoisotopic (exact) mass is 256 g/mol. The van der Waals surface area contributed by atoms with E-state index in [0.29, 0.717) is 23.7 Å². The minimum Gasteiger partial charge on any atom is -0.458 e. The molecular formula is C11H12O5S. The maximum absolute atomic E-state index is 10.8. The minimum absolute atomic E-state index is 0.0379. The average Bonchev–Trinajstić information content (AvgIpc) is 2.27. The summed E-state index contributed by atoms with van der Waals surface area (Å²) >= 11 is 0. The second kappa shape index (κ2) is 4.77. The molecule has 0 aliphatic carbocycles. The number of benzene rings is 1. The Bertz CT molecular complexity index is 533. The van der Waals surface area contributed by atoms with E-state index in [1.165, 1.54) is 6.26 Å². The third-order valence-corrected chi connectivity index (χ3v) is 2.65. The molecule has 1 aromatic rings. The van der Waals surface area contributed by atoms with Crippen molar-refractivity contribution in [1.82, 2.24) is 0 Å². The summed E-state index contributed by atoms with van der Waals surface area (Å²) < 4.78 is 37.0. The van der Waals surface area contributed by atoms with Gasteiger partial charge in [0.25, 0.3) is 10.1 Å². The number of ether oxygens (including phenoxy) is 2. The molecule has 17 heavy (non-hydrogen) atoms. The minimum atomic E-state index is -3.41. The van der Waals surface area contributed by atoms with Crippen LogP contribution in [0.5, 0.6) is 11.5 Å². The second-order valence-corrected chi connectivity index (χ2v) is 5.17. The zero-order chi connectivity index (χ0) is 12.3. The van der Waals surface area contributed by atoms with E-state index >= 15 is 0 Å². The van der Waals surface area contributed by atoms with Gasteiger partial charge in [-0.3, -0.25) is 4.18 Å². The zero-order valence-electron chi connectivity index (χ0n) is 9.25. The molecule has 0 fully saturated rings. The first-order valence-corrected chi connectivity index (χ1v) is 6.83. The molecule has 0 unspecified atom stereocenters. The Morgan fingerprint density at radius 3 is 2.65 bits per heavy atom. The van der Waals surface area contributed by atoms with Crippen molar-refractivity contribution >= 4 is 10.1 Å². The van der Waals surface area contributed by atoms with E-state index in [1.807, 2.05) is 12.1 Å². The summed E-state index contributed by atoms with van der Waals surface area (Å²) in [6.45, 7) is 0.0379. The van der Waals surface area contributed by atoms with Gasteiger partial charge in [-0.25, -0.2) is 0 Å². The zero-order valence-corrected chi connectivity index (χ0v) is 10.1. The van der Waals surface area contributed by atoms with E-state index in [0.717, 1.165) is 6.26 Å². The molecule has 5 nitrogen and oxygen atoms in total. The molecule has 1 aliphatic heterocycles. The topological polar surface area (TPSA) is 61.8 Å². The highest BCUT2D eigenvalue weighted by Gasteiger charge is 2.13. The van der Waals surface area contributed by atoms with Gasteiger partial charge in [0.05, 0.1) is 12.9 Å². The first kappa shape index (κ1) is 11.9. The SMILES string of the molecule is CS(=O)(=O)OCCC1=COc2ccccc2O1. The molecule has 0 atom stereocenters. The number of hydrogen-bond acceptors (Lipinski definition) is 5. The van der Waals surface area contributed by atoms with Crippen LogP contribution in [-0.4, -0.2) is 21.3 Å². The van der Waals surface area contributed by atoms with E-state index in [-0.39, 0.29) is 6.61 Å². The van der Waals surface area contributed by atoms with Gasteiger partial charge in [0, 0.05) is 6.42 Å². The summed E-state index contributed by atoms with van der Waals surface area (Å²) in [6, 6.07) is 7.24. The molecular weight excluding hydrogens is 244 g/mol. The van der Waals surface area contributed by atoms with Crippen LogP contribution in [0.1, 0.15) is 6.42 Å². The molecule has 0 N–H and O–H groups in total. The van der Waals surface area contributed by atoms with Crippen LogP contribution < -0.4 is 9.47 Å². The first-order valence-electron chi connectivity index (χ1n) is 5.01. The number of rotatable bonds is 4. The fraction of sp³-hybridized carbons (Fsp3) is 0.273. The molecule has 0 radical (unpaired) electrons. The third kappa shape index (κ3) is 3.47. The summed E-state index contributed by atoms with van der Waals surface area (Å²) in [7, 11) is -3.41. The van der Waals surface area contributed by atoms with Crippen molar-refractivity contribution in [2.24, 2.45) is 0 Å². The van der Waals surface area contributed by atoms with Gasteiger partial charge < -0.3 is 9.47 Å². The molecule has 2 rings (SSSR count). The lowest BCUT2D eigenvalue weighted by molar-refractivity contribution is 0.270. The maximum atomic E-state index is 10.8. The smallest absolute Gasteiger partial charge is 0.264 e. The van der Waals surface area contributed by atoms with Gasteiger partial charge in [0.1, 0.15) is 12.0 Å². The lowest BCUT2D eigenvalue weighted by atomic mass is 10.3. The highest BCUT2D eigenvalue weighted by molar-refractivity contribution is 7.85. The lowest BCUT2D eigenvalue weighted by Gasteiger charge is -2.17. The van der Waals surface area contributed by atoms with Gasteiger partial charge in [-0.1, -0.05) is 12.1 Å².